The number of likely N-dealkylation sites (tertiary alicyclic amines) is 1. The Morgan fingerprint density at radius 3 is 2.78 bits per heavy atom. The average Bonchev–Trinajstić information content (AvgIpc) is 3.38. The molecule has 37 heavy (non-hydrogen) atoms. The van der Waals surface area contributed by atoms with Crippen LogP contribution in [0.25, 0.3) is 16.6 Å². The van der Waals surface area contributed by atoms with Crippen molar-refractivity contribution in [3.63, 3.8) is 0 Å². The van der Waals surface area contributed by atoms with Crippen molar-refractivity contribution in [3.8, 4) is 22.9 Å². The number of fused-ring (bicyclic) bond motifs is 1. The lowest BCUT2D eigenvalue weighted by atomic mass is 10.1. The summed E-state index contributed by atoms with van der Waals surface area (Å²) in [6, 6.07) is 5.19. The van der Waals surface area contributed by atoms with Crippen LogP contribution in [0.1, 0.15) is 50.4 Å². The van der Waals surface area contributed by atoms with Gasteiger partial charge in [-0.05, 0) is 58.7 Å². The van der Waals surface area contributed by atoms with E-state index in [2.05, 4.69) is 32.7 Å². The van der Waals surface area contributed by atoms with Gasteiger partial charge >= 0.3 is 0 Å². The maximum absolute atomic E-state index is 9.68. The van der Waals surface area contributed by atoms with Gasteiger partial charge in [-0.3, -0.25) is 14.6 Å². The summed E-state index contributed by atoms with van der Waals surface area (Å²) < 4.78 is 15.7. The minimum absolute atomic E-state index is 0.291. The van der Waals surface area contributed by atoms with Crippen LogP contribution in [0.3, 0.4) is 0 Å². The van der Waals surface area contributed by atoms with E-state index in [0.717, 1.165) is 68.1 Å². The van der Waals surface area contributed by atoms with Crippen LogP contribution in [0, 0.1) is 18.3 Å². The number of nitriles is 1. The van der Waals surface area contributed by atoms with Gasteiger partial charge in [0.2, 0.25) is 0 Å². The molecule has 2 atom stereocenters. The summed E-state index contributed by atoms with van der Waals surface area (Å²) in [5.74, 6) is 0.602. The van der Waals surface area contributed by atoms with Crippen molar-refractivity contribution in [2.24, 2.45) is 4.99 Å². The summed E-state index contributed by atoms with van der Waals surface area (Å²) in [6.45, 7) is 9.98. The van der Waals surface area contributed by atoms with E-state index in [4.69, 9.17) is 14.6 Å². The van der Waals surface area contributed by atoms with Crippen LogP contribution >= 0.6 is 0 Å². The lowest BCUT2D eigenvalue weighted by molar-refractivity contribution is -0.0639. The molecule has 2 saturated heterocycles. The molecule has 0 saturated carbocycles. The number of hydrogen-bond donors (Lipinski definition) is 0. The number of hydrogen-bond acceptors (Lipinski definition) is 7. The van der Waals surface area contributed by atoms with E-state index in [1.54, 1.807) is 17.8 Å². The second-order valence-corrected chi connectivity index (χ2v) is 9.87. The third kappa shape index (κ3) is 4.91. The van der Waals surface area contributed by atoms with Crippen LogP contribution in [-0.4, -0.2) is 75.5 Å². The zero-order valence-corrected chi connectivity index (χ0v) is 22.1. The fraction of sp³-hybridized carbons (Fsp3) is 0.500. The van der Waals surface area contributed by atoms with Crippen LogP contribution in [0.4, 0.5) is 0 Å². The van der Waals surface area contributed by atoms with Crippen LogP contribution in [0.5, 0.6) is 5.75 Å². The van der Waals surface area contributed by atoms with Crippen LogP contribution in [0.2, 0.25) is 0 Å². The standard InChI is InChI=1S/C28H35N7O2/c1-5-7-26(30-4)20(3)37-27-12-21(16-34-28(27)22(13-29)14-31-34)25-15-32-35(19(25)2)23-8-6-10-33(11-9-23)24-17-36-18-24/h5,7,12,14-16,20,23-24H,6,8-11,17-18H2,1-4H3/b7-5-,30-26?. The molecule has 3 aromatic rings. The Balaban J connectivity index is 1.46. The Labute approximate surface area is 218 Å². The van der Waals surface area contributed by atoms with Crippen molar-refractivity contribution in [1.82, 2.24) is 24.3 Å². The Morgan fingerprint density at radius 2 is 2.08 bits per heavy atom. The predicted molar refractivity (Wildman–Crippen MR) is 143 cm³/mol. The Hall–Kier alpha value is -3.48. The summed E-state index contributed by atoms with van der Waals surface area (Å²) in [5.41, 5.74) is 5.07. The van der Waals surface area contributed by atoms with E-state index in [0.29, 0.717) is 28.9 Å². The van der Waals surface area contributed by atoms with Crippen LogP contribution < -0.4 is 4.74 Å². The summed E-state index contributed by atoms with van der Waals surface area (Å²) >= 11 is 0. The first kappa shape index (κ1) is 25.2. The molecule has 5 rings (SSSR count). The molecule has 0 aliphatic carbocycles. The maximum atomic E-state index is 9.68. The molecule has 5 heterocycles. The number of pyridine rings is 1. The van der Waals surface area contributed by atoms with E-state index < -0.39 is 0 Å². The van der Waals surface area contributed by atoms with Crippen molar-refractivity contribution in [3.05, 3.63) is 48.1 Å². The van der Waals surface area contributed by atoms with Crippen molar-refractivity contribution < 1.29 is 9.47 Å². The SMILES string of the molecule is C/C=C\C(=NC)C(C)Oc1cc(-c2cnn(C3CCCN(C4COC4)CC3)c2C)cn2ncc(C#N)c12. The van der Waals surface area contributed by atoms with Gasteiger partial charge in [0, 0.05) is 36.6 Å². The van der Waals surface area contributed by atoms with E-state index in [1.807, 2.05) is 44.5 Å². The van der Waals surface area contributed by atoms with Gasteiger partial charge in [0.25, 0.3) is 0 Å². The molecule has 2 unspecified atom stereocenters. The second kappa shape index (κ2) is 10.9. The zero-order valence-electron chi connectivity index (χ0n) is 22.1. The highest BCUT2D eigenvalue weighted by atomic mass is 16.5. The van der Waals surface area contributed by atoms with Gasteiger partial charge in [-0.25, -0.2) is 4.52 Å². The fourth-order valence-electron chi connectivity index (χ4n) is 5.44. The molecule has 9 heteroatoms. The predicted octanol–water partition coefficient (Wildman–Crippen LogP) is 4.22. The molecule has 2 fully saturated rings. The zero-order chi connectivity index (χ0) is 25.9. The largest absolute Gasteiger partial charge is 0.482 e. The normalized spacial score (nSPS) is 20.6. The second-order valence-electron chi connectivity index (χ2n) is 9.87. The van der Waals surface area contributed by atoms with Crippen LogP contribution in [-0.2, 0) is 4.74 Å². The molecule has 9 nitrogen and oxygen atoms in total. The molecule has 0 aromatic carbocycles. The fourth-order valence-corrected chi connectivity index (χ4v) is 5.44. The number of allylic oxidation sites excluding steroid dienone is 1. The quantitative estimate of drug-likeness (QED) is 0.450. The summed E-state index contributed by atoms with van der Waals surface area (Å²) in [4.78, 5) is 6.94. The highest BCUT2D eigenvalue weighted by molar-refractivity contribution is 5.98. The lowest BCUT2D eigenvalue weighted by Crippen LogP contribution is -2.49. The molecule has 0 radical (unpaired) electrons. The third-order valence-electron chi connectivity index (χ3n) is 7.58. The van der Waals surface area contributed by atoms with E-state index in [9.17, 15) is 5.26 Å². The van der Waals surface area contributed by atoms with Gasteiger partial charge in [0.1, 0.15) is 29.0 Å². The molecule has 194 valence electrons. The number of rotatable bonds is 7. The summed E-state index contributed by atoms with van der Waals surface area (Å²) in [6.07, 6.45) is 12.4. The van der Waals surface area contributed by atoms with E-state index in [-0.39, 0.29) is 6.10 Å². The van der Waals surface area contributed by atoms with E-state index in [1.165, 1.54) is 0 Å². The smallest absolute Gasteiger partial charge is 0.148 e. The first-order valence-electron chi connectivity index (χ1n) is 13.1. The Morgan fingerprint density at radius 1 is 1.24 bits per heavy atom. The number of aromatic nitrogens is 4. The maximum Gasteiger partial charge on any atom is 0.148 e. The summed E-state index contributed by atoms with van der Waals surface area (Å²) in [7, 11) is 1.76. The van der Waals surface area contributed by atoms with Gasteiger partial charge < -0.3 is 9.47 Å². The van der Waals surface area contributed by atoms with E-state index >= 15 is 0 Å². The average molecular weight is 502 g/mol. The molecule has 0 N–H and O–H groups in total. The van der Waals surface area contributed by atoms with Crippen LogP contribution in [0.15, 0.2) is 41.8 Å². The van der Waals surface area contributed by atoms with Crippen molar-refractivity contribution in [2.75, 3.05) is 33.4 Å². The van der Waals surface area contributed by atoms with Gasteiger partial charge in [-0.1, -0.05) is 6.08 Å². The molecule has 0 bridgehead atoms. The molecule has 0 spiro atoms. The molecule has 3 aromatic heterocycles. The number of ether oxygens (including phenoxy) is 2. The highest BCUT2D eigenvalue weighted by Gasteiger charge is 2.29. The number of nitrogens with zero attached hydrogens (tertiary/aromatic N) is 7. The third-order valence-corrected chi connectivity index (χ3v) is 7.58. The van der Waals surface area contributed by atoms with Gasteiger partial charge in [0.05, 0.1) is 43.4 Å². The first-order valence-corrected chi connectivity index (χ1v) is 13.1. The lowest BCUT2D eigenvalue weighted by Gasteiger charge is -2.36. The first-order chi connectivity index (χ1) is 18.0. The molecule has 2 aliphatic rings. The Kier molecular flexibility index (Phi) is 7.40. The molecule has 0 amide bonds. The molecule has 2 aliphatic heterocycles. The minimum atomic E-state index is -0.291. The Bertz CT molecular complexity index is 1360. The molecular formula is C28H35N7O2. The molecular weight excluding hydrogens is 466 g/mol. The van der Waals surface area contributed by atoms with Gasteiger partial charge in [-0.2, -0.15) is 15.5 Å². The highest BCUT2D eigenvalue weighted by Crippen LogP contribution is 2.34. The minimum Gasteiger partial charge on any atom is -0.482 e. The van der Waals surface area contributed by atoms with Gasteiger partial charge in [0.15, 0.2) is 0 Å². The topological polar surface area (TPSA) is 93.0 Å². The van der Waals surface area contributed by atoms with Crippen molar-refractivity contribution in [1.29, 1.82) is 5.26 Å². The van der Waals surface area contributed by atoms with Crippen molar-refractivity contribution in [2.45, 2.75) is 58.2 Å². The monoisotopic (exact) mass is 501 g/mol. The summed E-state index contributed by atoms with van der Waals surface area (Å²) in [5, 5.41) is 19.0. The van der Waals surface area contributed by atoms with Crippen molar-refractivity contribution >= 4 is 11.2 Å². The van der Waals surface area contributed by atoms with Gasteiger partial charge in [-0.15, -0.1) is 0 Å². The number of aliphatic imine (C=N–C) groups is 1.